The van der Waals surface area contributed by atoms with Gasteiger partial charge >= 0.3 is 0 Å². The van der Waals surface area contributed by atoms with E-state index in [2.05, 4.69) is 37.2 Å². The van der Waals surface area contributed by atoms with E-state index >= 15 is 0 Å². The molecule has 1 aliphatic carbocycles. The van der Waals surface area contributed by atoms with Crippen molar-refractivity contribution in [2.45, 2.75) is 12.8 Å². The molecular weight excluding hydrogens is 342 g/mol. The molecule has 1 aromatic rings. The second-order valence-electron chi connectivity index (χ2n) is 3.92. The molecule has 82 valence electrons. The van der Waals surface area contributed by atoms with Crippen molar-refractivity contribution in [3.8, 4) is 0 Å². The zero-order valence-electron chi connectivity index (χ0n) is 8.06. The maximum atomic E-state index is 11.7. The third-order valence-corrected chi connectivity index (χ3v) is 5.47. The number of hydrogen-bond acceptors (Lipinski definition) is 2. The number of carbonyl (C=O) groups is 1. The summed E-state index contributed by atoms with van der Waals surface area (Å²) in [6.45, 7) is 0.784. The Kier molecular flexibility index (Phi) is 3.52. The average molecular weight is 353 g/mol. The molecule has 1 heterocycles. The van der Waals surface area contributed by atoms with Gasteiger partial charge in [-0.15, -0.1) is 11.3 Å². The van der Waals surface area contributed by atoms with Crippen molar-refractivity contribution in [2.24, 2.45) is 5.41 Å². The summed E-state index contributed by atoms with van der Waals surface area (Å²) in [6, 6.07) is 3.74. The smallest absolute Gasteiger partial charge is 0.261 e. The van der Waals surface area contributed by atoms with Crippen LogP contribution in [0.15, 0.2) is 15.9 Å². The number of hydrogen-bond donors (Lipinski definition) is 1. The van der Waals surface area contributed by atoms with Crippen LogP contribution in [0.3, 0.4) is 0 Å². The molecule has 15 heavy (non-hydrogen) atoms. The predicted octanol–water partition coefficient (Wildman–Crippen LogP) is 3.42. The molecule has 1 fully saturated rings. The van der Waals surface area contributed by atoms with Gasteiger partial charge in [-0.25, -0.2) is 0 Å². The fourth-order valence-corrected chi connectivity index (χ4v) is 3.39. The minimum Gasteiger partial charge on any atom is -0.351 e. The Morgan fingerprint density at radius 1 is 1.53 bits per heavy atom. The van der Waals surface area contributed by atoms with Crippen molar-refractivity contribution in [2.75, 3.05) is 11.9 Å². The van der Waals surface area contributed by atoms with Gasteiger partial charge in [-0.2, -0.15) is 0 Å². The van der Waals surface area contributed by atoms with Crippen LogP contribution in [0, 0.1) is 5.41 Å². The molecule has 0 radical (unpaired) electrons. The maximum absolute atomic E-state index is 11.7. The second kappa shape index (κ2) is 4.55. The molecule has 0 bridgehead atoms. The fraction of sp³-hybridized carbons (Fsp3) is 0.500. The molecule has 0 atom stereocenters. The summed E-state index contributed by atoms with van der Waals surface area (Å²) >= 11 is 8.30. The van der Waals surface area contributed by atoms with Crippen LogP contribution in [0.2, 0.25) is 0 Å². The lowest BCUT2D eigenvalue weighted by molar-refractivity contribution is 0.0950. The van der Waals surface area contributed by atoms with Crippen LogP contribution < -0.4 is 5.32 Å². The SMILES string of the molecule is O=C(NCC1(CBr)CC1)c1ccc(Br)s1. The van der Waals surface area contributed by atoms with Gasteiger partial charge < -0.3 is 5.32 Å². The number of carbonyl (C=O) groups excluding carboxylic acids is 1. The summed E-state index contributed by atoms with van der Waals surface area (Å²) in [7, 11) is 0. The van der Waals surface area contributed by atoms with E-state index in [1.807, 2.05) is 12.1 Å². The lowest BCUT2D eigenvalue weighted by Gasteiger charge is -2.11. The summed E-state index contributed by atoms with van der Waals surface area (Å²) in [5.74, 6) is 0.0397. The molecule has 1 saturated carbocycles. The normalized spacial score (nSPS) is 17.5. The Balaban J connectivity index is 1.88. The van der Waals surface area contributed by atoms with E-state index in [1.54, 1.807) is 0 Å². The van der Waals surface area contributed by atoms with Gasteiger partial charge in [-0.05, 0) is 46.3 Å². The highest BCUT2D eigenvalue weighted by molar-refractivity contribution is 9.11. The second-order valence-corrected chi connectivity index (χ2v) is 6.94. The van der Waals surface area contributed by atoms with E-state index in [1.165, 1.54) is 24.2 Å². The Morgan fingerprint density at radius 3 is 2.73 bits per heavy atom. The zero-order valence-corrected chi connectivity index (χ0v) is 12.0. The molecule has 2 rings (SSSR count). The number of rotatable bonds is 4. The van der Waals surface area contributed by atoms with Crippen LogP contribution in [-0.2, 0) is 0 Å². The first-order chi connectivity index (χ1) is 7.15. The third kappa shape index (κ3) is 2.82. The summed E-state index contributed by atoms with van der Waals surface area (Å²) < 4.78 is 0.995. The highest BCUT2D eigenvalue weighted by Gasteiger charge is 2.41. The third-order valence-electron chi connectivity index (χ3n) is 2.66. The Morgan fingerprint density at radius 2 is 2.27 bits per heavy atom. The molecule has 1 aliphatic rings. The number of amides is 1. The van der Waals surface area contributed by atoms with Crippen molar-refractivity contribution >= 4 is 49.1 Å². The maximum Gasteiger partial charge on any atom is 0.261 e. The lowest BCUT2D eigenvalue weighted by Crippen LogP contribution is -2.30. The van der Waals surface area contributed by atoms with Gasteiger partial charge in [0.25, 0.3) is 5.91 Å². The van der Waals surface area contributed by atoms with Gasteiger partial charge in [0, 0.05) is 11.9 Å². The molecule has 0 aromatic carbocycles. The van der Waals surface area contributed by atoms with E-state index in [-0.39, 0.29) is 5.91 Å². The number of alkyl halides is 1. The van der Waals surface area contributed by atoms with E-state index in [0.29, 0.717) is 5.41 Å². The van der Waals surface area contributed by atoms with Gasteiger partial charge in [0.05, 0.1) is 8.66 Å². The predicted molar refractivity (Wildman–Crippen MR) is 69.8 cm³/mol. The summed E-state index contributed by atoms with van der Waals surface area (Å²) in [4.78, 5) is 12.5. The molecule has 1 aromatic heterocycles. The Bertz CT molecular complexity index is 373. The van der Waals surface area contributed by atoms with Crippen LogP contribution in [0.25, 0.3) is 0 Å². The van der Waals surface area contributed by atoms with Gasteiger partial charge in [-0.3, -0.25) is 4.79 Å². The largest absolute Gasteiger partial charge is 0.351 e. The van der Waals surface area contributed by atoms with Crippen LogP contribution >= 0.6 is 43.2 Å². The summed E-state index contributed by atoms with van der Waals surface area (Å²) in [5.41, 5.74) is 0.337. The first-order valence-corrected chi connectivity index (χ1v) is 7.48. The van der Waals surface area contributed by atoms with Gasteiger partial charge in [0.2, 0.25) is 0 Å². The van der Waals surface area contributed by atoms with E-state index < -0.39 is 0 Å². The molecule has 0 spiro atoms. The molecule has 0 saturated heterocycles. The fourth-order valence-electron chi connectivity index (χ4n) is 1.33. The van der Waals surface area contributed by atoms with E-state index in [9.17, 15) is 4.79 Å². The average Bonchev–Trinajstić information content (AvgIpc) is 2.90. The highest BCUT2D eigenvalue weighted by atomic mass is 79.9. The monoisotopic (exact) mass is 351 g/mol. The van der Waals surface area contributed by atoms with Crippen molar-refractivity contribution in [1.29, 1.82) is 0 Å². The number of halogens is 2. The Hall–Kier alpha value is 0.130. The minimum absolute atomic E-state index is 0.0397. The van der Waals surface area contributed by atoms with E-state index in [0.717, 1.165) is 20.5 Å². The van der Waals surface area contributed by atoms with Crippen molar-refractivity contribution in [1.82, 2.24) is 5.32 Å². The van der Waals surface area contributed by atoms with E-state index in [4.69, 9.17) is 0 Å². The minimum atomic E-state index is 0.0397. The standard InChI is InChI=1S/C10H11Br2NOS/c11-5-10(3-4-10)6-13-9(14)7-1-2-8(12)15-7/h1-2H,3-6H2,(H,13,14). The topological polar surface area (TPSA) is 29.1 Å². The molecule has 1 amide bonds. The van der Waals surface area contributed by atoms with Crippen LogP contribution in [0.4, 0.5) is 0 Å². The first-order valence-electron chi connectivity index (χ1n) is 4.75. The first kappa shape index (κ1) is 11.6. The quantitative estimate of drug-likeness (QED) is 0.826. The number of nitrogens with one attached hydrogen (secondary N) is 1. The molecular formula is C10H11Br2NOS. The highest BCUT2D eigenvalue weighted by Crippen LogP contribution is 2.46. The van der Waals surface area contributed by atoms with Crippen molar-refractivity contribution in [3.63, 3.8) is 0 Å². The van der Waals surface area contributed by atoms with Gasteiger partial charge in [-0.1, -0.05) is 15.9 Å². The summed E-state index contributed by atoms with van der Waals surface area (Å²) in [6.07, 6.45) is 2.43. The van der Waals surface area contributed by atoms with Crippen molar-refractivity contribution < 1.29 is 4.79 Å². The Labute approximate surface area is 110 Å². The van der Waals surface area contributed by atoms with Crippen LogP contribution in [0.1, 0.15) is 22.5 Å². The zero-order chi connectivity index (χ0) is 10.9. The van der Waals surface area contributed by atoms with Crippen LogP contribution in [-0.4, -0.2) is 17.8 Å². The molecule has 0 aliphatic heterocycles. The molecule has 0 unspecified atom stereocenters. The van der Waals surface area contributed by atoms with Crippen molar-refractivity contribution in [3.05, 3.63) is 20.8 Å². The molecule has 2 nitrogen and oxygen atoms in total. The van der Waals surface area contributed by atoms with Gasteiger partial charge in [0.15, 0.2) is 0 Å². The lowest BCUT2D eigenvalue weighted by atomic mass is 10.1. The number of thiophene rings is 1. The van der Waals surface area contributed by atoms with Crippen LogP contribution in [0.5, 0.6) is 0 Å². The molecule has 1 N–H and O–H groups in total. The van der Waals surface area contributed by atoms with Gasteiger partial charge in [0.1, 0.15) is 0 Å². The summed E-state index contributed by atoms with van der Waals surface area (Å²) in [5, 5.41) is 3.97. The molecule has 5 heteroatoms.